The van der Waals surface area contributed by atoms with Crippen LogP contribution in [0.5, 0.6) is 0 Å². The average molecular weight is 176 g/mol. The van der Waals surface area contributed by atoms with Gasteiger partial charge in [0.1, 0.15) is 0 Å². The number of esters is 1. The Bertz CT molecular complexity index is 87.8. The number of methoxy groups -OCH3 is 1. The van der Waals surface area contributed by atoms with Crippen LogP contribution in [0.15, 0.2) is 0 Å². The monoisotopic (exact) mass is 176 g/mol. The number of carbonyl (C=O) groups excluding carboxylic acids is 1. The highest BCUT2D eigenvalue weighted by Crippen LogP contribution is 1.83. The van der Waals surface area contributed by atoms with Crippen molar-refractivity contribution in [2.75, 3.05) is 20.3 Å². The van der Waals surface area contributed by atoms with Gasteiger partial charge in [-0.3, -0.25) is 4.79 Å². The van der Waals surface area contributed by atoms with Crippen molar-refractivity contribution in [2.45, 2.75) is 33.6 Å². The molecule has 0 fully saturated rings. The van der Waals surface area contributed by atoms with E-state index in [-0.39, 0.29) is 5.97 Å². The van der Waals surface area contributed by atoms with Crippen LogP contribution in [0.2, 0.25) is 0 Å². The quantitative estimate of drug-likeness (QED) is 0.485. The molecule has 0 spiro atoms. The van der Waals surface area contributed by atoms with Gasteiger partial charge in [-0.25, -0.2) is 0 Å². The fraction of sp³-hybridized carbons (Fsp3) is 0.889. The Kier molecular flexibility index (Phi) is 15.2. The second kappa shape index (κ2) is 13.1. The summed E-state index contributed by atoms with van der Waals surface area (Å²) < 4.78 is 9.18. The molecule has 0 radical (unpaired) electrons. The van der Waals surface area contributed by atoms with E-state index in [1.807, 2.05) is 0 Å². The minimum absolute atomic E-state index is 0.211. The molecule has 74 valence electrons. The molecule has 0 aromatic heterocycles. The number of carbonyl (C=O) groups is 1. The molecule has 0 saturated carbocycles. The van der Waals surface area contributed by atoms with E-state index in [1.165, 1.54) is 19.8 Å². The van der Waals surface area contributed by atoms with Gasteiger partial charge in [0.05, 0.1) is 6.61 Å². The standard InChI is InChI=1S/C5H12O.C4H8O2/c1-3-4-5-6-2;1-3-6-4(2)5/h3-5H2,1-2H3;3H2,1-2H3. The van der Waals surface area contributed by atoms with Crippen LogP contribution in [-0.4, -0.2) is 26.3 Å². The van der Waals surface area contributed by atoms with Gasteiger partial charge < -0.3 is 9.47 Å². The van der Waals surface area contributed by atoms with E-state index in [1.54, 1.807) is 14.0 Å². The predicted octanol–water partition coefficient (Wildman–Crippen LogP) is 2.00. The molecule has 0 saturated heterocycles. The molecule has 0 aliphatic rings. The molecule has 0 rings (SSSR count). The molecule has 0 bridgehead atoms. The van der Waals surface area contributed by atoms with E-state index in [9.17, 15) is 4.79 Å². The van der Waals surface area contributed by atoms with Gasteiger partial charge in [0.2, 0.25) is 0 Å². The van der Waals surface area contributed by atoms with Gasteiger partial charge in [-0.15, -0.1) is 0 Å². The van der Waals surface area contributed by atoms with Crippen LogP contribution in [0.4, 0.5) is 0 Å². The molecule has 0 amide bonds. The minimum Gasteiger partial charge on any atom is -0.466 e. The largest absolute Gasteiger partial charge is 0.466 e. The molecule has 3 nitrogen and oxygen atoms in total. The van der Waals surface area contributed by atoms with E-state index in [2.05, 4.69) is 11.7 Å². The minimum atomic E-state index is -0.211. The summed E-state index contributed by atoms with van der Waals surface area (Å²) in [5.74, 6) is -0.211. The van der Waals surface area contributed by atoms with Crippen molar-refractivity contribution in [3.05, 3.63) is 0 Å². The molecule has 3 heteroatoms. The fourth-order valence-electron chi connectivity index (χ4n) is 0.492. The van der Waals surface area contributed by atoms with Crippen LogP contribution in [0, 0.1) is 0 Å². The Balaban J connectivity index is 0. The molecule has 0 heterocycles. The zero-order valence-electron chi connectivity index (χ0n) is 8.55. The predicted molar refractivity (Wildman–Crippen MR) is 49.1 cm³/mol. The second-order valence-electron chi connectivity index (χ2n) is 2.27. The first-order valence-electron chi connectivity index (χ1n) is 4.31. The molecule has 0 aliphatic carbocycles. The molecular weight excluding hydrogens is 156 g/mol. The summed E-state index contributed by atoms with van der Waals surface area (Å²) in [5.41, 5.74) is 0. The van der Waals surface area contributed by atoms with E-state index in [0.29, 0.717) is 6.61 Å². The van der Waals surface area contributed by atoms with E-state index in [0.717, 1.165) is 6.61 Å². The first kappa shape index (κ1) is 14.0. The third-order valence-electron chi connectivity index (χ3n) is 1.05. The van der Waals surface area contributed by atoms with Crippen LogP contribution in [-0.2, 0) is 14.3 Å². The van der Waals surface area contributed by atoms with Crippen LogP contribution in [0.1, 0.15) is 33.6 Å². The molecule has 0 atom stereocenters. The van der Waals surface area contributed by atoms with Gasteiger partial charge >= 0.3 is 5.97 Å². The zero-order valence-corrected chi connectivity index (χ0v) is 8.55. The van der Waals surface area contributed by atoms with Crippen LogP contribution in [0.3, 0.4) is 0 Å². The average Bonchev–Trinajstić information content (AvgIpc) is 2.02. The summed E-state index contributed by atoms with van der Waals surface area (Å²) in [4.78, 5) is 9.82. The van der Waals surface area contributed by atoms with Crippen LogP contribution < -0.4 is 0 Å². The number of hydrogen-bond acceptors (Lipinski definition) is 3. The third-order valence-corrected chi connectivity index (χ3v) is 1.05. The smallest absolute Gasteiger partial charge is 0.302 e. The van der Waals surface area contributed by atoms with Crippen molar-refractivity contribution in [1.29, 1.82) is 0 Å². The third kappa shape index (κ3) is 22.7. The summed E-state index contributed by atoms with van der Waals surface area (Å²) in [6, 6.07) is 0. The topological polar surface area (TPSA) is 35.5 Å². The Morgan fingerprint density at radius 1 is 1.33 bits per heavy atom. The molecule has 0 aromatic rings. The molecule has 0 aliphatic heterocycles. The SMILES string of the molecule is CCCCOC.CCOC(C)=O. The van der Waals surface area contributed by atoms with Gasteiger partial charge in [0.15, 0.2) is 0 Å². The molecule has 0 N–H and O–H groups in total. The molecule has 12 heavy (non-hydrogen) atoms. The number of hydrogen-bond donors (Lipinski definition) is 0. The first-order chi connectivity index (χ1) is 5.68. The number of rotatable bonds is 4. The van der Waals surface area contributed by atoms with Crippen molar-refractivity contribution in [2.24, 2.45) is 0 Å². The fourth-order valence-corrected chi connectivity index (χ4v) is 0.492. The van der Waals surface area contributed by atoms with E-state index >= 15 is 0 Å². The first-order valence-corrected chi connectivity index (χ1v) is 4.31. The summed E-state index contributed by atoms with van der Waals surface area (Å²) in [7, 11) is 1.73. The summed E-state index contributed by atoms with van der Waals surface area (Å²) >= 11 is 0. The lowest BCUT2D eigenvalue weighted by Crippen LogP contribution is -1.95. The van der Waals surface area contributed by atoms with Crippen molar-refractivity contribution in [3.8, 4) is 0 Å². The van der Waals surface area contributed by atoms with Gasteiger partial charge in [0.25, 0.3) is 0 Å². The molecule has 0 unspecified atom stereocenters. The van der Waals surface area contributed by atoms with Crippen LogP contribution >= 0.6 is 0 Å². The van der Waals surface area contributed by atoms with Crippen molar-refractivity contribution < 1.29 is 14.3 Å². The lowest BCUT2D eigenvalue weighted by molar-refractivity contribution is -0.140. The van der Waals surface area contributed by atoms with Crippen molar-refractivity contribution in [3.63, 3.8) is 0 Å². The van der Waals surface area contributed by atoms with Gasteiger partial charge in [-0.1, -0.05) is 13.3 Å². The number of unbranched alkanes of at least 4 members (excludes halogenated alkanes) is 1. The maximum Gasteiger partial charge on any atom is 0.302 e. The Labute approximate surface area is 75.1 Å². The van der Waals surface area contributed by atoms with Gasteiger partial charge in [0, 0.05) is 20.6 Å². The van der Waals surface area contributed by atoms with E-state index < -0.39 is 0 Å². The second-order valence-corrected chi connectivity index (χ2v) is 2.27. The highest BCUT2D eigenvalue weighted by molar-refractivity contribution is 5.65. The van der Waals surface area contributed by atoms with Crippen LogP contribution in [0.25, 0.3) is 0 Å². The highest BCUT2D eigenvalue weighted by atomic mass is 16.5. The summed E-state index contributed by atoms with van der Waals surface area (Å²) in [5, 5.41) is 0. The molecule has 0 aromatic carbocycles. The molecular formula is C9H20O3. The van der Waals surface area contributed by atoms with Crippen molar-refractivity contribution >= 4 is 5.97 Å². The van der Waals surface area contributed by atoms with Crippen molar-refractivity contribution in [1.82, 2.24) is 0 Å². The van der Waals surface area contributed by atoms with E-state index in [4.69, 9.17) is 4.74 Å². The maximum absolute atomic E-state index is 9.82. The Morgan fingerprint density at radius 2 is 1.92 bits per heavy atom. The number of ether oxygens (including phenoxy) is 2. The van der Waals surface area contributed by atoms with Gasteiger partial charge in [-0.05, 0) is 13.3 Å². The Hall–Kier alpha value is -0.570. The highest BCUT2D eigenvalue weighted by Gasteiger charge is 1.81. The summed E-state index contributed by atoms with van der Waals surface area (Å²) in [6.45, 7) is 6.72. The Morgan fingerprint density at radius 3 is 2.00 bits per heavy atom. The summed E-state index contributed by atoms with van der Waals surface area (Å²) in [6.07, 6.45) is 2.42. The zero-order chi connectivity index (χ0) is 9.82. The lowest BCUT2D eigenvalue weighted by atomic mass is 10.4. The van der Waals surface area contributed by atoms with Gasteiger partial charge in [-0.2, -0.15) is 0 Å². The lowest BCUT2D eigenvalue weighted by Gasteiger charge is -1.89. The maximum atomic E-state index is 9.82. The normalized spacial score (nSPS) is 8.33.